The molecule has 0 aliphatic heterocycles. The fourth-order valence-corrected chi connectivity index (χ4v) is 3.06. The SMILES string of the molecule is CCCNC(CC)CCCSc1cccc(Cl)c1. The maximum atomic E-state index is 5.96. The van der Waals surface area contributed by atoms with Crippen molar-refractivity contribution < 1.29 is 0 Å². The molecule has 18 heavy (non-hydrogen) atoms. The summed E-state index contributed by atoms with van der Waals surface area (Å²) in [6, 6.07) is 8.79. The number of hydrogen-bond acceptors (Lipinski definition) is 2. The van der Waals surface area contributed by atoms with Gasteiger partial charge in [-0.2, -0.15) is 0 Å². The zero-order valence-corrected chi connectivity index (χ0v) is 13.0. The number of benzene rings is 1. The molecule has 0 fully saturated rings. The van der Waals surface area contributed by atoms with Gasteiger partial charge in [0.2, 0.25) is 0 Å². The molecule has 1 nitrogen and oxygen atoms in total. The van der Waals surface area contributed by atoms with Crippen molar-refractivity contribution in [1.29, 1.82) is 0 Å². The Morgan fingerprint density at radius 3 is 2.83 bits per heavy atom. The summed E-state index contributed by atoms with van der Waals surface area (Å²) in [6.45, 7) is 5.62. The summed E-state index contributed by atoms with van der Waals surface area (Å²) in [5.74, 6) is 1.17. The van der Waals surface area contributed by atoms with E-state index in [2.05, 4.69) is 25.2 Å². The van der Waals surface area contributed by atoms with E-state index in [4.69, 9.17) is 11.6 Å². The average Bonchev–Trinajstić information content (AvgIpc) is 2.38. The third-order valence-electron chi connectivity index (χ3n) is 2.94. The van der Waals surface area contributed by atoms with Crippen LogP contribution in [0.25, 0.3) is 0 Å². The Labute approximate surface area is 121 Å². The molecule has 0 spiro atoms. The molecule has 3 heteroatoms. The van der Waals surface area contributed by atoms with Crippen LogP contribution < -0.4 is 5.32 Å². The summed E-state index contributed by atoms with van der Waals surface area (Å²) in [5.41, 5.74) is 0. The van der Waals surface area contributed by atoms with E-state index in [-0.39, 0.29) is 0 Å². The van der Waals surface area contributed by atoms with E-state index in [1.165, 1.54) is 36.3 Å². The van der Waals surface area contributed by atoms with Crippen LogP contribution in [0.1, 0.15) is 39.5 Å². The molecule has 1 aromatic rings. The lowest BCUT2D eigenvalue weighted by Crippen LogP contribution is -2.29. The van der Waals surface area contributed by atoms with Gasteiger partial charge in [-0.15, -0.1) is 11.8 Å². The average molecular weight is 286 g/mol. The van der Waals surface area contributed by atoms with Crippen LogP contribution in [0.5, 0.6) is 0 Å². The molecule has 1 N–H and O–H groups in total. The molecular formula is C15H24ClNS. The lowest BCUT2D eigenvalue weighted by molar-refractivity contribution is 0.465. The summed E-state index contributed by atoms with van der Waals surface area (Å²) in [6.07, 6.45) is 4.96. The highest BCUT2D eigenvalue weighted by molar-refractivity contribution is 7.99. The van der Waals surface area contributed by atoms with E-state index in [1.54, 1.807) is 0 Å². The highest BCUT2D eigenvalue weighted by Gasteiger charge is 2.04. The van der Waals surface area contributed by atoms with Crippen LogP contribution in [-0.2, 0) is 0 Å². The third kappa shape index (κ3) is 6.67. The molecule has 0 aliphatic rings. The monoisotopic (exact) mass is 285 g/mol. The molecule has 0 aromatic heterocycles. The highest BCUT2D eigenvalue weighted by atomic mass is 35.5. The van der Waals surface area contributed by atoms with Gasteiger partial charge >= 0.3 is 0 Å². The molecule has 0 heterocycles. The smallest absolute Gasteiger partial charge is 0.0417 e. The molecule has 0 aliphatic carbocycles. The lowest BCUT2D eigenvalue weighted by Gasteiger charge is -2.16. The van der Waals surface area contributed by atoms with E-state index in [9.17, 15) is 0 Å². The Morgan fingerprint density at radius 2 is 2.17 bits per heavy atom. The van der Waals surface area contributed by atoms with Gasteiger partial charge in [0.1, 0.15) is 0 Å². The summed E-state index contributed by atoms with van der Waals surface area (Å²) >= 11 is 7.86. The summed E-state index contributed by atoms with van der Waals surface area (Å²) in [7, 11) is 0. The van der Waals surface area contributed by atoms with Crippen LogP contribution in [0.15, 0.2) is 29.2 Å². The molecule has 1 aromatic carbocycles. The van der Waals surface area contributed by atoms with Gasteiger partial charge in [0.15, 0.2) is 0 Å². The second-order valence-corrected chi connectivity index (χ2v) is 6.11. The normalized spacial score (nSPS) is 12.6. The van der Waals surface area contributed by atoms with E-state index in [0.717, 1.165) is 11.6 Å². The van der Waals surface area contributed by atoms with Crippen molar-refractivity contribution in [2.24, 2.45) is 0 Å². The minimum absolute atomic E-state index is 0.685. The first-order chi connectivity index (χ1) is 8.76. The van der Waals surface area contributed by atoms with Crippen LogP contribution in [-0.4, -0.2) is 18.3 Å². The fourth-order valence-electron chi connectivity index (χ4n) is 1.88. The van der Waals surface area contributed by atoms with E-state index >= 15 is 0 Å². The van der Waals surface area contributed by atoms with Gasteiger partial charge in [-0.3, -0.25) is 0 Å². The quantitative estimate of drug-likeness (QED) is 0.507. The Bertz CT molecular complexity index is 330. The molecule has 0 saturated carbocycles. The molecular weight excluding hydrogens is 262 g/mol. The van der Waals surface area contributed by atoms with E-state index in [1.807, 2.05) is 30.0 Å². The van der Waals surface area contributed by atoms with Crippen LogP contribution in [0, 0.1) is 0 Å². The molecule has 0 saturated heterocycles. The first-order valence-corrected chi connectivity index (χ1v) is 8.24. The molecule has 0 radical (unpaired) electrons. The van der Waals surface area contributed by atoms with Gasteiger partial charge in [-0.25, -0.2) is 0 Å². The van der Waals surface area contributed by atoms with Crippen molar-refractivity contribution in [2.45, 2.75) is 50.5 Å². The number of nitrogens with one attached hydrogen (secondary N) is 1. The van der Waals surface area contributed by atoms with E-state index < -0.39 is 0 Å². The van der Waals surface area contributed by atoms with E-state index in [0.29, 0.717) is 6.04 Å². The molecule has 1 rings (SSSR count). The molecule has 1 unspecified atom stereocenters. The number of rotatable bonds is 9. The summed E-state index contributed by atoms with van der Waals surface area (Å²) in [4.78, 5) is 1.28. The molecule has 0 bridgehead atoms. The van der Waals surface area contributed by atoms with Gasteiger partial charge in [0.25, 0.3) is 0 Å². The van der Waals surface area contributed by atoms with Crippen molar-refractivity contribution in [1.82, 2.24) is 5.32 Å². The van der Waals surface area contributed by atoms with Crippen LogP contribution in [0.3, 0.4) is 0 Å². The fraction of sp³-hybridized carbons (Fsp3) is 0.600. The van der Waals surface area contributed by atoms with Gasteiger partial charge in [0.05, 0.1) is 0 Å². The minimum Gasteiger partial charge on any atom is -0.314 e. The first-order valence-electron chi connectivity index (χ1n) is 6.88. The van der Waals surface area contributed by atoms with Crippen molar-refractivity contribution in [3.8, 4) is 0 Å². The lowest BCUT2D eigenvalue weighted by atomic mass is 10.1. The largest absolute Gasteiger partial charge is 0.314 e. The number of halogens is 1. The predicted octanol–water partition coefficient (Wildman–Crippen LogP) is 4.99. The second-order valence-electron chi connectivity index (χ2n) is 4.51. The summed E-state index contributed by atoms with van der Waals surface area (Å²) in [5, 5.41) is 4.43. The number of thioether (sulfide) groups is 1. The molecule has 102 valence electrons. The Hall–Kier alpha value is -0.180. The predicted molar refractivity (Wildman–Crippen MR) is 83.8 cm³/mol. The second kappa shape index (κ2) is 9.71. The Balaban J connectivity index is 2.17. The maximum absolute atomic E-state index is 5.96. The zero-order valence-electron chi connectivity index (χ0n) is 11.4. The van der Waals surface area contributed by atoms with Crippen LogP contribution in [0.2, 0.25) is 5.02 Å². The van der Waals surface area contributed by atoms with Gasteiger partial charge in [0, 0.05) is 16.0 Å². The van der Waals surface area contributed by atoms with Crippen molar-refractivity contribution in [3.05, 3.63) is 29.3 Å². The summed E-state index contributed by atoms with van der Waals surface area (Å²) < 4.78 is 0. The number of hydrogen-bond donors (Lipinski definition) is 1. The van der Waals surface area contributed by atoms with Gasteiger partial charge in [-0.1, -0.05) is 31.5 Å². The van der Waals surface area contributed by atoms with Crippen molar-refractivity contribution >= 4 is 23.4 Å². The maximum Gasteiger partial charge on any atom is 0.0417 e. The van der Waals surface area contributed by atoms with Crippen molar-refractivity contribution in [2.75, 3.05) is 12.3 Å². The topological polar surface area (TPSA) is 12.0 Å². The zero-order chi connectivity index (χ0) is 13.2. The first kappa shape index (κ1) is 15.9. The van der Waals surface area contributed by atoms with Crippen LogP contribution in [0.4, 0.5) is 0 Å². The molecule has 1 atom stereocenters. The van der Waals surface area contributed by atoms with Gasteiger partial charge < -0.3 is 5.32 Å². The Kier molecular flexibility index (Phi) is 8.57. The third-order valence-corrected chi connectivity index (χ3v) is 4.25. The Morgan fingerprint density at radius 1 is 1.33 bits per heavy atom. The highest BCUT2D eigenvalue weighted by Crippen LogP contribution is 2.22. The molecule has 0 amide bonds. The standard InChI is InChI=1S/C15H24ClNS/c1-3-10-17-14(4-2)8-6-11-18-15-9-5-7-13(16)12-15/h5,7,9,12,14,17H,3-4,6,8,10-11H2,1-2H3. The van der Waals surface area contributed by atoms with Crippen molar-refractivity contribution in [3.63, 3.8) is 0 Å². The minimum atomic E-state index is 0.685. The van der Waals surface area contributed by atoms with Crippen LogP contribution >= 0.6 is 23.4 Å². The van der Waals surface area contributed by atoms with Gasteiger partial charge in [-0.05, 0) is 56.2 Å².